The molecule has 0 saturated carbocycles. The highest BCUT2D eigenvalue weighted by Crippen LogP contribution is 2.31. The van der Waals surface area contributed by atoms with Gasteiger partial charge in [0.25, 0.3) is 5.91 Å². The zero-order chi connectivity index (χ0) is 11.6. The van der Waals surface area contributed by atoms with Crippen LogP contribution in [0, 0.1) is 0 Å². The Balaban J connectivity index is 3.15. The van der Waals surface area contributed by atoms with Crippen molar-refractivity contribution in [2.75, 3.05) is 0 Å². The molecule has 1 rings (SSSR count). The molecule has 1 amide bonds. The lowest BCUT2D eigenvalue weighted by atomic mass is 10.1. The first-order chi connectivity index (χ1) is 6.86. The third kappa shape index (κ3) is 2.60. The van der Waals surface area contributed by atoms with E-state index >= 15 is 0 Å². The minimum Gasteiger partial charge on any atom is -0.272 e. The zero-order valence-corrected chi connectivity index (χ0v) is 7.91. The number of nitrogens with one attached hydrogen (secondary N) is 2. The summed E-state index contributed by atoms with van der Waals surface area (Å²) >= 11 is 5.46. The van der Waals surface area contributed by atoms with Gasteiger partial charge in [-0.1, -0.05) is 11.6 Å². The van der Waals surface area contributed by atoms with Gasteiger partial charge in [0.15, 0.2) is 0 Å². The maximum Gasteiger partial charge on any atom is 0.416 e. The molecule has 0 atom stereocenters. The van der Waals surface area contributed by atoms with Crippen molar-refractivity contribution < 1.29 is 18.0 Å². The molecule has 7 heteroatoms. The van der Waals surface area contributed by atoms with Crippen molar-refractivity contribution in [3.63, 3.8) is 0 Å². The van der Waals surface area contributed by atoms with Crippen LogP contribution in [0.15, 0.2) is 18.2 Å². The van der Waals surface area contributed by atoms with Crippen molar-refractivity contribution in [3.05, 3.63) is 34.3 Å². The standard InChI is InChI=1S/C8H5ClF3N2O/c9-6-3-4(8(10,11)12)1-2-5(6)7(15)14-13/h1-3,13H,(H,14,15). The molecule has 3 nitrogen and oxygen atoms in total. The molecule has 2 N–H and O–H groups in total. The number of hydrogen-bond donors (Lipinski definition) is 1. The summed E-state index contributed by atoms with van der Waals surface area (Å²) in [6, 6.07) is 2.30. The Morgan fingerprint density at radius 2 is 2.00 bits per heavy atom. The Kier molecular flexibility index (Phi) is 3.21. The van der Waals surface area contributed by atoms with Crippen LogP contribution in [0.4, 0.5) is 13.2 Å². The number of carbonyl (C=O) groups is 1. The van der Waals surface area contributed by atoms with E-state index in [4.69, 9.17) is 17.4 Å². The molecule has 0 aliphatic heterocycles. The van der Waals surface area contributed by atoms with Crippen molar-refractivity contribution in [3.8, 4) is 0 Å². The highest BCUT2D eigenvalue weighted by molar-refractivity contribution is 6.33. The van der Waals surface area contributed by atoms with Gasteiger partial charge < -0.3 is 0 Å². The average molecular weight is 238 g/mol. The average Bonchev–Trinajstić information content (AvgIpc) is 2.15. The second kappa shape index (κ2) is 4.08. The molecule has 0 fully saturated rings. The van der Waals surface area contributed by atoms with Crippen LogP contribution in [0.25, 0.3) is 0 Å². The number of alkyl halides is 3. The van der Waals surface area contributed by atoms with Gasteiger partial charge in [0.2, 0.25) is 0 Å². The molecule has 0 spiro atoms. The first kappa shape index (κ1) is 11.8. The van der Waals surface area contributed by atoms with Crippen LogP contribution in [0.1, 0.15) is 15.9 Å². The molecule has 0 aliphatic rings. The van der Waals surface area contributed by atoms with Crippen LogP contribution in [0.5, 0.6) is 0 Å². The highest BCUT2D eigenvalue weighted by atomic mass is 35.5. The van der Waals surface area contributed by atoms with Gasteiger partial charge in [-0.25, -0.2) is 0 Å². The molecule has 0 aliphatic carbocycles. The van der Waals surface area contributed by atoms with Gasteiger partial charge in [-0.05, 0) is 18.2 Å². The maximum absolute atomic E-state index is 12.2. The van der Waals surface area contributed by atoms with E-state index in [-0.39, 0.29) is 10.6 Å². The lowest BCUT2D eigenvalue weighted by molar-refractivity contribution is -0.137. The van der Waals surface area contributed by atoms with E-state index in [2.05, 4.69) is 0 Å². The van der Waals surface area contributed by atoms with Gasteiger partial charge in [0.05, 0.1) is 16.1 Å². The Morgan fingerprint density at radius 3 is 2.40 bits per heavy atom. The maximum atomic E-state index is 12.2. The molecule has 1 aromatic carbocycles. The fourth-order valence-corrected chi connectivity index (χ4v) is 1.21. The summed E-state index contributed by atoms with van der Waals surface area (Å²) in [7, 11) is 0. The minimum absolute atomic E-state index is 0.167. The summed E-state index contributed by atoms with van der Waals surface area (Å²) in [5.74, 6) is 5.69. The third-order valence-electron chi connectivity index (χ3n) is 1.65. The minimum atomic E-state index is -4.50. The molecule has 1 radical (unpaired) electrons. The summed E-state index contributed by atoms with van der Waals surface area (Å²) in [4.78, 5) is 10.9. The number of hydrogen-bond acceptors (Lipinski definition) is 1. The fraction of sp³-hybridized carbons (Fsp3) is 0.125. The lowest BCUT2D eigenvalue weighted by Gasteiger charge is -2.08. The van der Waals surface area contributed by atoms with E-state index < -0.39 is 17.6 Å². The SMILES string of the molecule is [NH]NC(=O)c1ccc(C(F)(F)F)cc1Cl. The smallest absolute Gasteiger partial charge is 0.272 e. The van der Waals surface area contributed by atoms with Crippen LogP contribution in [0.2, 0.25) is 5.02 Å². The first-order valence-corrected chi connectivity index (χ1v) is 4.08. The molecular formula is C8H5ClF3N2O. The highest BCUT2D eigenvalue weighted by Gasteiger charge is 2.31. The van der Waals surface area contributed by atoms with E-state index in [1.54, 1.807) is 0 Å². The van der Waals surface area contributed by atoms with E-state index in [0.717, 1.165) is 12.1 Å². The Morgan fingerprint density at radius 1 is 1.40 bits per heavy atom. The number of benzene rings is 1. The van der Waals surface area contributed by atoms with Crippen molar-refractivity contribution in [1.29, 1.82) is 0 Å². The van der Waals surface area contributed by atoms with Crippen molar-refractivity contribution in [2.24, 2.45) is 0 Å². The van der Waals surface area contributed by atoms with Gasteiger partial charge in [-0.2, -0.15) is 19.0 Å². The molecule has 15 heavy (non-hydrogen) atoms. The topological polar surface area (TPSA) is 52.9 Å². The van der Waals surface area contributed by atoms with Gasteiger partial charge in [-0.3, -0.25) is 10.2 Å². The number of amides is 1. The fourth-order valence-electron chi connectivity index (χ4n) is 0.943. The Labute approximate surface area is 88.0 Å². The van der Waals surface area contributed by atoms with Crippen LogP contribution in [-0.4, -0.2) is 5.91 Å². The van der Waals surface area contributed by atoms with E-state index in [1.165, 1.54) is 5.43 Å². The second-order valence-corrected chi connectivity index (χ2v) is 3.05. The lowest BCUT2D eigenvalue weighted by Crippen LogP contribution is -2.21. The van der Waals surface area contributed by atoms with Gasteiger partial charge in [0, 0.05) is 0 Å². The van der Waals surface area contributed by atoms with Crippen LogP contribution in [-0.2, 0) is 6.18 Å². The van der Waals surface area contributed by atoms with Crippen LogP contribution >= 0.6 is 11.6 Å². The number of carbonyl (C=O) groups excluding carboxylic acids is 1. The molecule has 0 heterocycles. The van der Waals surface area contributed by atoms with E-state index in [9.17, 15) is 18.0 Å². The first-order valence-electron chi connectivity index (χ1n) is 3.70. The predicted octanol–water partition coefficient (Wildman–Crippen LogP) is 2.29. The normalized spacial score (nSPS) is 11.3. The van der Waals surface area contributed by atoms with Crippen molar-refractivity contribution in [1.82, 2.24) is 11.3 Å². The zero-order valence-electron chi connectivity index (χ0n) is 7.15. The molecule has 0 aromatic heterocycles. The molecule has 0 saturated heterocycles. The molecule has 81 valence electrons. The summed E-state index contributed by atoms with van der Waals surface area (Å²) in [6.45, 7) is 0. The summed E-state index contributed by atoms with van der Waals surface area (Å²) in [5.41, 5.74) is 0.423. The van der Waals surface area contributed by atoms with Crippen LogP contribution in [0.3, 0.4) is 0 Å². The number of halogens is 4. The van der Waals surface area contributed by atoms with Gasteiger partial charge in [0.1, 0.15) is 0 Å². The van der Waals surface area contributed by atoms with Crippen molar-refractivity contribution in [2.45, 2.75) is 6.18 Å². The van der Waals surface area contributed by atoms with Gasteiger partial charge >= 0.3 is 6.18 Å². The van der Waals surface area contributed by atoms with Gasteiger partial charge in [-0.15, -0.1) is 0 Å². The predicted molar refractivity (Wildman–Crippen MR) is 47.0 cm³/mol. The monoisotopic (exact) mass is 237 g/mol. The van der Waals surface area contributed by atoms with E-state index in [1.807, 2.05) is 0 Å². The van der Waals surface area contributed by atoms with Crippen LogP contribution < -0.4 is 11.3 Å². The number of rotatable bonds is 1. The molecular weight excluding hydrogens is 233 g/mol. The third-order valence-corrected chi connectivity index (χ3v) is 1.97. The molecule has 0 bridgehead atoms. The molecule has 1 aromatic rings. The summed E-state index contributed by atoms with van der Waals surface area (Å²) in [5, 5.41) is -0.338. The second-order valence-electron chi connectivity index (χ2n) is 2.65. The largest absolute Gasteiger partial charge is 0.416 e. The molecule has 0 unspecified atom stereocenters. The summed E-state index contributed by atoms with van der Waals surface area (Å²) < 4.78 is 36.6. The van der Waals surface area contributed by atoms with E-state index in [0.29, 0.717) is 6.07 Å². The van der Waals surface area contributed by atoms with Crippen molar-refractivity contribution >= 4 is 17.5 Å². The summed E-state index contributed by atoms with van der Waals surface area (Å²) in [6.07, 6.45) is -4.50. The Bertz CT molecular complexity index is 392. The Hall–Kier alpha value is -1.27. The quantitative estimate of drug-likeness (QED) is 0.749.